The Morgan fingerprint density at radius 3 is 1.68 bits per heavy atom. The second-order valence-corrected chi connectivity index (χ2v) is 19.5. The monoisotopic (exact) mass is 1110 g/mol. The van der Waals surface area contributed by atoms with Crippen molar-refractivity contribution >= 4 is 34.5 Å². The van der Waals surface area contributed by atoms with Gasteiger partial charge in [0, 0.05) is 70.8 Å². The van der Waals surface area contributed by atoms with Gasteiger partial charge in [0.2, 0.25) is 0 Å². The van der Waals surface area contributed by atoms with Crippen LogP contribution < -0.4 is 29.6 Å². The number of ether oxygens (including phenoxy) is 4. The number of fused-ring (bicyclic) bond motifs is 2. The van der Waals surface area contributed by atoms with Crippen molar-refractivity contribution < 1.29 is 46.1 Å². The van der Waals surface area contributed by atoms with Gasteiger partial charge in [-0.2, -0.15) is 48.2 Å². The second kappa shape index (κ2) is 22.0. The molecule has 2 N–H and O–H groups in total. The highest BCUT2D eigenvalue weighted by Crippen LogP contribution is 2.42. The molecule has 0 bridgehead atoms. The van der Waals surface area contributed by atoms with E-state index in [1.807, 2.05) is 17.9 Å². The Balaban J connectivity index is 0.000000171. The van der Waals surface area contributed by atoms with E-state index in [1.54, 1.807) is 86.7 Å². The number of nitrogens with one attached hydrogen (secondary N) is 2. The number of anilines is 2. The first-order valence-electron chi connectivity index (χ1n) is 25.1. The Kier molecular flexibility index (Phi) is 14.4. The number of amides is 2. The number of halogens is 4. The summed E-state index contributed by atoms with van der Waals surface area (Å²) in [7, 11) is 5.30. The second-order valence-electron chi connectivity index (χ2n) is 19.5. The first-order chi connectivity index (χ1) is 39.1. The predicted octanol–water partition coefficient (Wildman–Crippen LogP) is 8.58. The largest absolute Gasteiger partial charge is 0.454 e. The number of benzene rings is 2. The Bertz CT molecular complexity index is 3980. The van der Waals surface area contributed by atoms with Gasteiger partial charge in [-0.15, -0.1) is 12.3 Å². The number of terminal acetylenes is 1. The third-order valence-electron chi connectivity index (χ3n) is 13.4. The lowest BCUT2D eigenvalue weighted by Crippen LogP contribution is -2.61. The van der Waals surface area contributed by atoms with E-state index < -0.39 is 25.0 Å². The van der Waals surface area contributed by atoms with Crippen molar-refractivity contribution in [3.05, 3.63) is 134 Å². The molecule has 27 heteroatoms. The van der Waals surface area contributed by atoms with Crippen molar-refractivity contribution in [3.63, 3.8) is 0 Å². The van der Waals surface area contributed by atoms with E-state index in [9.17, 15) is 27.2 Å². The molecule has 1 aliphatic carbocycles. The fourth-order valence-electron chi connectivity index (χ4n) is 9.85. The molecular formula is C54H49F4N17O6. The van der Waals surface area contributed by atoms with Crippen LogP contribution in [0.25, 0.3) is 33.8 Å². The minimum Gasteiger partial charge on any atom is -0.454 e. The zero-order valence-electron chi connectivity index (χ0n) is 43.6. The van der Waals surface area contributed by atoms with Gasteiger partial charge in [-0.05, 0) is 74.3 Å². The van der Waals surface area contributed by atoms with E-state index in [-0.39, 0.29) is 62.1 Å². The number of hydrogen-bond acceptors (Lipinski definition) is 15. The maximum Gasteiger partial charge on any atom is 0.387 e. The zero-order valence-corrected chi connectivity index (χ0v) is 43.6. The fourth-order valence-corrected chi connectivity index (χ4v) is 9.85. The van der Waals surface area contributed by atoms with E-state index in [0.717, 1.165) is 25.9 Å². The van der Waals surface area contributed by atoms with Crippen molar-refractivity contribution in [1.29, 1.82) is 0 Å². The van der Waals surface area contributed by atoms with Crippen molar-refractivity contribution in [2.75, 3.05) is 30.8 Å². The smallest absolute Gasteiger partial charge is 0.387 e. The van der Waals surface area contributed by atoms with E-state index in [1.165, 1.54) is 67.2 Å². The highest BCUT2D eigenvalue weighted by atomic mass is 19.3. The number of aryl methyl sites for hydroxylation is 2. The lowest BCUT2D eigenvalue weighted by Gasteiger charge is -2.47. The molecule has 1 saturated carbocycles. The van der Waals surface area contributed by atoms with Gasteiger partial charge in [0.15, 0.2) is 22.8 Å². The van der Waals surface area contributed by atoms with Gasteiger partial charge in [0.25, 0.3) is 11.8 Å². The molecule has 0 atom stereocenters. The van der Waals surface area contributed by atoms with Crippen molar-refractivity contribution in [1.82, 2.24) is 73.2 Å². The molecule has 1 saturated heterocycles. The molecule has 0 radical (unpaired) electrons. The molecule has 10 aromatic rings. The number of alkyl halides is 4. The number of hydrogen-bond donors (Lipinski definition) is 2. The van der Waals surface area contributed by atoms with Gasteiger partial charge in [-0.25, -0.2) is 19.0 Å². The normalized spacial score (nSPS) is 15.6. The van der Waals surface area contributed by atoms with Crippen LogP contribution in [0.4, 0.5) is 28.9 Å². The number of likely N-dealkylation sites (tertiary alicyclic amines) is 1. The summed E-state index contributed by atoms with van der Waals surface area (Å²) in [4.78, 5) is 36.9. The van der Waals surface area contributed by atoms with Gasteiger partial charge in [0.05, 0.1) is 71.3 Å². The minimum atomic E-state index is -3.09. The summed E-state index contributed by atoms with van der Waals surface area (Å²) in [6.45, 7) is -2.45. The predicted molar refractivity (Wildman–Crippen MR) is 283 cm³/mol. The van der Waals surface area contributed by atoms with Gasteiger partial charge in [-0.3, -0.25) is 28.3 Å². The summed E-state index contributed by atoms with van der Waals surface area (Å²) >= 11 is 0. The molecule has 8 aromatic heterocycles. The fraction of sp³-hybridized carbons (Fsp3) is 0.259. The van der Waals surface area contributed by atoms with E-state index in [0.29, 0.717) is 52.7 Å². The van der Waals surface area contributed by atoms with Crippen LogP contribution in [0.1, 0.15) is 52.9 Å². The lowest BCUT2D eigenvalue weighted by atomic mass is 9.82. The summed E-state index contributed by atoms with van der Waals surface area (Å²) in [5.41, 5.74) is 2.21. The number of carbonyl (C=O) groups is 2. The first kappa shape index (κ1) is 52.9. The van der Waals surface area contributed by atoms with Crippen LogP contribution in [-0.2, 0) is 19.6 Å². The van der Waals surface area contributed by atoms with E-state index in [2.05, 4.69) is 68.9 Å². The number of nitrogens with zero attached hydrogens (tertiary/aromatic N) is 15. The average Bonchev–Trinajstić information content (AvgIpc) is 4.34. The van der Waals surface area contributed by atoms with Gasteiger partial charge in [-0.1, -0.05) is 6.92 Å². The molecule has 81 heavy (non-hydrogen) atoms. The van der Waals surface area contributed by atoms with Crippen molar-refractivity contribution in [2.45, 2.75) is 51.0 Å². The molecule has 0 unspecified atom stereocenters. The molecule has 9 heterocycles. The van der Waals surface area contributed by atoms with Crippen LogP contribution in [0.2, 0.25) is 0 Å². The molecule has 2 amide bonds. The topological polar surface area (TPSA) is 230 Å². The number of rotatable bonds is 17. The zero-order chi connectivity index (χ0) is 56.5. The summed E-state index contributed by atoms with van der Waals surface area (Å²) in [5.74, 6) is 3.76. The molecular weight excluding hydrogens is 1060 g/mol. The molecule has 2 aliphatic rings. The molecule has 414 valence electrons. The SMILES string of the molecule is C#CCC1(n2cc(Oc3ccc(OC(F)F)c(-c4nn(C)cc4NC(=O)c4cnn5cccnc45)c3)cn2)CN(C)C1.CC1CC(n2cc(Oc3ccc(OC(F)F)c(-c4nn(C)cc4NC(=O)c4cnn5cccnc45)c3)cn2)C1. The third-order valence-corrected chi connectivity index (χ3v) is 13.4. The van der Waals surface area contributed by atoms with E-state index in [4.69, 9.17) is 25.4 Å². The highest BCUT2D eigenvalue weighted by Gasteiger charge is 2.43. The van der Waals surface area contributed by atoms with Gasteiger partial charge < -0.3 is 34.5 Å². The quantitative estimate of drug-likeness (QED) is 0.0642. The van der Waals surface area contributed by atoms with Crippen molar-refractivity contribution in [2.24, 2.45) is 20.0 Å². The first-order valence-corrected chi connectivity index (χ1v) is 25.1. The number of likely N-dealkylation sites (N-methyl/N-ethyl adjacent to an activating group) is 1. The van der Waals surface area contributed by atoms with Crippen LogP contribution in [0, 0.1) is 18.3 Å². The van der Waals surface area contributed by atoms with Crippen LogP contribution in [0.15, 0.2) is 123 Å². The molecule has 0 spiro atoms. The summed E-state index contributed by atoms with van der Waals surface area (Å²) < 4.78 is 84.5. The van der Waals surface area contributed by atoms with E-state index >= 15 is 0 Å². The maximum atomic E-state index is 13.4. The Morgan fingerprint density at radius 1 is 0.691 bits per heavy atom. The molecule has 12 rings (SSSR count). The lowest BCUT2D eigenvalue weighted by molar-refractivity contribution is -0.0501. The Labute approximate surface area is 457 Å². The summed E-state index contributed by atoms with van der Waals surface area (Å²) in [5, 5.41) is 31.6. The maximum absolute atomic E-state index is 13.4. The van der Waals surface area contributed by atoms with Gasteiger partial charge in [0.1, 0.15) is 45.5 Å². The molecule has 23 nitrogen and oxygen atoms in total. The van der Waals surface area contributed by atoms with Crippen LogP contribution in [0.3, 0.4) is 0 Å². The third kappa shape index (κ3) is 11.2. The van der Waals surface area contributed by atoms with Crippen molar-refractivity contribution in [3.8, 4) is 69.4 Å². The standard InChI is InChI=1S/C28H25F2N9O3.C26H24F2N8O3/c1-4-8-28(16-36(2)17-28)39-14-19(12-33-39)41-18-6-7-23(42-27(29)30)20(11-18)24-22(15-37(3)35-24)34-26(40)21-13-32-38-10-5-9-31-25(21)38;1-15-8-16(9-15)36-13-18(11-30-36)38-17-4-5-22(39-26(27)28)19(10-17)23-21(14-34(2)33-23)32-25(37)20-12-31-35-7-3-6-29-24(20)35/h1,5-7,9-15,27H,8,16-17H2,2-3H3,(H,34,40);3-7,10-16,26H,8-9H2,1-2H3,(H,32,37). The summed E-state index contributed by atoms with van der Waals surface area (Å²) in [6.07, 6.45) is 27.3. The minimum absolute atomic E-state index is 0.122. The number of carbonyl (C=O) groups excluding carboxylic acids is 2. The van der Waals surface area contributed by atoms with Crippen LogP contribution in [-0.4, -0.2) is 118 Å². The highest BCUT2D eigenvalue weighted by molar-refractivity contribution is 6.10. The Hall–Kier alpha value is -10.1. The number of aromatic nitrogens is 14. The molecule has 2 aromatic carbocycles. The molecule has 2 fully saturated rings. The van der Waals surface area contributed by atoms with Crippen LogP contribution >= 0.6 is 0 Å². The van der Waals surface area contributed by atoms with Gasteiger partial charge >= 0.3 is 13.2 Å². The molecule has 1 aliphatic heterocycles. The van der Waals surface area contributed by atoms with Crippen LogP contribution in [0.5, 0.6) is 34.5 Å². The average molecular weight is 1110 g/mol. The Morgan fingerprint density at radius 2 is 1.20 bits per heavy atom. The summed E-state index contributed by atoms with van der Waals surface area (Å²) in [6, 6.07) is 12.5.